The minimum Gasteiger partial charge on any atom is -0.451 e. The Labute approximate surface area is 173 Å². The lowest BCUT2D eigenvalue weighted by molar-refractivity contribution is -0.880. The molecule has 0 atom stereocenters. The lowest BCUT2D eigenvalue weighted by atomic mass is 10.1. The van der Waals surface area contributed by atoms with E-state index in [9.17, 15) is 14.9 Å². The number of piperazine rings is 1. The van der Waals surface area contributed by atoms with E-state index >= 15 is 0 Å². The van der Waals surface area contributed by atoms with Crippen molar-refractivity contribution in [1.82, 2.24) is 0 Å². The maximum Gasteiger partial charge on any atom is 0.291 e. The quantitative estimate of drug-likeness (QED) is 0.501. The predicted molar refractivity (Wildman–Crippen MR) is 114 cm³/mol. The van der Waals surface area contributed by atoms with Crippen LogP contribution in [0.15, 0.2) is 65.1 Å². The third-order valence-electron chi connectivity index (χ3n) is 5.28. The van der Waals surface area contributed by atoms with E-state index in [1.165, 1.54) is 17.0 Å². The number of nitrogens with one attached hydrogen (secondary N) is 2. The van der Waals surface area contributed by atoms with Crippen LogP contribution in [0.2, 0.25) is 0 Å². The molecule has 0 radical (unpaired) electrons. The average molecular weight is 407 g/mol. The summed E-state index contributed by atoms with van der Waals surface area (Å²) >= 11 is 0. The summed E-state index contributed by atoms with van der Waals surface area (Å²) in [5.41, 5.74) is 2.33. The summed E-state index contributed by atoms with van der Waals surface area (Å²) in [5, 5.41) is 13.8. The Morgan fingerprint density at radius 3 is 2.53 bits per heavy atom. The Hall–Kier alpha value is -3.65. The number of hydrogen-bond acceptors (Lipinski definition) is 5. The van der Waals surface area contributed by atoms with Crippen LogP contribution in [-0.4, -0.2) is 44.1 Å². The Morgan fingerprint density at radius 1 is 1.10 bits per heavy atom. The van der Waals surface area contributed by atoms with Crippen molar-refractivity contribution in [3.8, 4) is 11.3 Å². The van der Waals surface area contributed by atoms with Crippen molar-refractivity contribution in [1.29, 1.82) is 0 Å². The third kappa shape index (κ3) is 4.33. The van der Waals surface area contributed by atoms with Crippen LogP contribution in [0.3, 0.4) is 0 Å². The average Bonchev–Trinajstić information content (AvgIpc) is 3.26. The molecule has 8 nitrogen and oxygen atoms in total. The Kier molecular flexibility index (Phi) is 5.49. The Morgan fingerprint density at radius 2 is 1.83 bits per heavy atom. The number of likely N-dealkylation sites (N-methyl/N-ethyl adjacent to an activating group) is 1. The lowest BCUT2D eigenvalue weighted by Gasteiger charge is -2.31. The zero-order valence-corrected chi connectivity index (χ0v) is 16.6. The molecular weight excluding hydrogens is 384 g/mol. The van der Waals surface area contributed by atoms with E-state index in [0.717, 1.165) is 31.9 Å². The number of nitro benzene ring substituents is 1. The van der Waals surface area contributed by atoms with Crippen molar-refractivity contribution >= 4 is 23.0 Å². The van der Waals surface area contributed by atoms with Crippen LogP contribution in [0.25, 0.3) is 11.3 Å². The molecule has 8 heteroatoms. The van der Waals surface area contributed by atoms with Gasteiger partial charge in [0.1, 0.15) is 5.76 Å². The zero-order valence-electron chi connectivity index (χ0n) is 16.6. The van der Waals surface area contributed by atoms with E-state index in [2.05, 4.69) is 17.3 Å². The normalized spacial score (nSPS) is 14.5. The number of rotatable bonds is 5. The third-order valence-corrected chi connectivity index (χ3v) is 5.28. The van der Waals surface area contributed by atoms with Gasteiger partial charge in [0.15, 0.2) is 5.76 Å². The molecule has 0 spiro atoms. The Bertz CT molecular complexity index is 1050. The van der Waals surface area contributed by atoms with Gasteiger partial charge in [0.2, 0.25) is 0 Å². The van der Waals surface area contributed by atoms with Gasteiger partial charge in [-0.1, -0.05) is 12.1 Å². The highest BCUT2D eigenvalue weighted by Crippen LogP contribution is 2.26. The molecule has 1 aliphatic heterocycles. The van der Waals surface area contributed by atoms with Crippen molar-refractivity contribution in [2.45, 2.75) is 0 Å². The number of non-ortho nitro benzene ring substituents is 1. The number of amides is 1. The highest BCUT2D eigenvalue weighted by Gasteiger charge is 2.18. The van der Waals surface area contributed by atoms with Gasteiger partial charge in [0, 0.05) is 29.1 Å². The van der Waals surface area contributed by atoms with Crippen molar-refractivity contribution in [2.75, 3.05) is 43.4 Å². The van der Waals surface area contributed by atoms with Gasteiger partial charge in [0.25, 0.3) is 11.6 Å². The number of nitrogens with zero attached hydrogens (tertiary/aromatic N) is 2. The highest BCUT2D eigenvalue weighted by molar-refractivity contribution is 6.02. The fourth-order valence-electron chi connectivity index (χ4n) is 3.48. The second-order valence-electron chi connectivity index (χ2n) is 7.42. The smallest absolute Gasteiger partial charge is 0.291 e. The second kappa shape index (κ2) is 8.38. The summed E-state index contributed by atoms with van der Waals surface area (Å²) in [5.74, 6) is 0.168. The van der Waals surface area contributed by atoms with Gasteiger partial charge in [-0.25, -0.2) is 0 Å². The van der Waals surface area contributed by atoms with Gasteiger partial charge in [-0.2, -0.15) is 0 Å². The van der Waals surface area contributed by atoms with E-state index in [4.69, 9.17) is 4.42 Å². The first-order valence-electron chi connectivity index (χ1n) is 9.82. The van der Waals surface area contributed by atoms with E-state index < -0.39 is 4.92 Å². The molecule has 0 unspecified atom stereocenters. The van der Waals surface area contributed by atoms with Gasteiger partial charge in [0.05, 0.1) is 38.2 Å². The van der Waals surface area contributed by atoms with E-state index in [1.807, 2.05) is 24.3 Å². The van der Waals surface area contributed by atoms with Crippen molar-refractivity contribution in [2.24, 2.45) is 0 Å². The molecule has 2 heterocycles. The van der Waals surface area contributed by atoms with Crippen LogP contribution >= 0.6 is 0 Å². The second-order valence-corrected chi connectivity index (χ2v) is 7.42. The molecule has 1 saturated heterocycles. The molecule has 0 saturated carbocycles. The van der Waals surface area contributed by atoms with Crippen LogP contribution in [0, 0.1) is 10.1 Å². The first-order valence-corrected chi connectivity index (χ1v) is 9.82. The molecule has 154 valence electrons. The zero-order chi connectivity index (χ0) is 21.1. The standard InChI is InChI=1S/C22H22N4O4/c1-24-11-13-25(14-12-24)18-7-5-17(6-8-18)23-22(27)21-10-9-20(30-21)16-3-2-4-19(15-16)26(28)29/h2-10,15H,11-14H2,1H3,(H,23,27)/p+1. The molecule has 30 heavy (non-hydrogen) atoms. The maximum atomic E-state index is 12.5. The van der Waals surface area contributed by atoms with Crippen LogP contribution in [0.4, 0.5) is 17.1 Å². The molecule has 0 aliphatic carbocycles. The van der Waals surface area contributed by atoms with Gasteiger partial charge >= 0.3 is 0 Å². The maximum absolute atomic E-state index is 12.5. The number of benzene rings is 2. The highest BCUT2D eigenvalue weighted by atomic mass is 16.6. The number of furan rings is 1. The summed E-state index contributed by atoms with van der Waals surface area (Å²) in [6.45, 7) is 4.27. The SMILES string of the molecule is C[NH+]1CCN(c2ccc(NC(=O)c3ccc(-c4cccc([N+](=O)[O-])c4)o3)cc2)CC1. The van der Waals surface area contributed by atoms with Crippen LogP contribution < -0.4 is 15.1 Å². The van der Waals surface area contributed by atoms with Crippen molar-refractivity contribution in [3.63, 3.8) is 0 Å². The first kappa shape index (κ1) is 19.7. The fourth-order valence-corrected chi connectivity index (χ4v) is 3.48. The number of carbonyl (C=O) groups is 1. The topological polar surface area (TPSA) is 93.1 Å². The number of quaternary nitrogens is 1. The monoisotopic (exact) mass is 407 g/mol. The molecular formula is C22H23N4O4+. The fraction of sp³-hybridized carbons (Fsp3) is 0.227. The summed E-state index contributed by atoms with van der Waals surface area (Å²) < 4.78 is 5.62. The van der Waals surface area contributed by atoms with E-state index in [0.29, 0.717) is 17.0 Å². The molecule has 1 amide bonds. The summed E-state index contributed by atoms with van der Waals surface area (Å²) in [7, 11) is 2.20. The van der Waals surface area contributed by atoms with Crippen LogP contribution in [0.5, 0.6) is 0 Å². The van der Waals surface area contributed by atoms with Crippen LogP contribution in [-0.2, 0) is 0 Å². The number of nitro groups is 1. The number of carbonyl (C=O) groups excluding carboxylic acids is 1. The van der Waals surface area contributed by atoms with Gasteiger partial charge in [-0.3, -0.25) is 14.9 Å². The van der Waals surface area contributed by atoms with Gasteiger partial charge in [-0.15, -0.1) is 0 Å². The van der Waals surface area contributed by atoms with E-state index in [-0.39, 0.29) is 17.4 Å². The molecule has 2 aromatic carbocycles. The van der Waals surface area contributed by atoms with Gasteiger partial charge < -0.3 is 19.5 Å². The number of hydrogen-bond donors (Lipinski definition) is 2. The largest absolute Gasteiger partial charge is 0.451 e. The first-order chi connectivity index (χ1) is 14.5. The minimum absolute atomic E-state index is 0.0308. The Balaban J connectivity index is 1.42. The van der Waals surface area contributed by atoms with Crippen LogP contribution in [0.1, 0.15) is 10.6 Å². The minimum atomic E-state index is -0.465. The molecule has 3 aromatic rings. The molecule has 1 aromatic heterocycles. The molecule has 0 bridgehead atoms. The van der Waals surface area contributed by atoms with Gasteiger partial charge in [-0.05, 0) is 36.4 Å². The molecule has 2 N–H and O–H groups in total. The predicted octanol–water partition coefficient (Wildman–Crippen LogP) is 2.44. The van der Waals surface area contributed by atoms with Crippen molar-refractivity contribution in [3.05, 3.63) is 76.5 Å². The molecule has 1 fully saturated rings. The summed E-state index contributed by atoms with van der Waals surface area (Å²) in [6.07, 6.45) is 0. The molecule has 4 rings (SSSR count). The van der Waals surface area contributed by atoms with E-state index in [1.54, 1.807) is 24.3 Å². The number of anilines is 2. The summed E-state index contributed by atoms with van der Waals surface area (Å²) in [6, 6.07) is 17.1. The summed E-state index contributed by atoms with van der Waals surface area (Å²) in [4.78, 5) is 26.9. The van der Waals surface area contributed by atoms with Crippen molar-refractivity contribution < 1.29 is 19.0 Å². The lowest BCUT2D eigenvalue weighted by Crippen LogP contribution is -3.12. The molecule has 1 aliphatic rings.